The number of pyridine rings is 1. The zero-order valence-corrected chi connectivity index (χ0v) is 12.9. The average molecular weight is 339 g/mol. The Morgan fingerprint density at radius 1 is 1.26 bits per heavy atom. The van der Waals surface area contributed by atoms with Crippen molar-refractivity contribution >= 4 is 21.4 Å². The maximum absolute atomic E-state index is 12.1. The van der Waals surface area contributed by atoms with Gasteiger partial charge in [0.25, 0.3) is 15.7 Å². The molecule has 9 nitrogen and oxygen atoms in total. The van der Waals surface area contributed by atoms with Crippen LogP contribution in [0.3, 0.4) is 0 Å². The molecular weight excluding hydrogens is 324 g/mol. The van der Waals surface area contributed by atoms with E-state index in [1.165, 1.54) is 37.4 Å². The molecule has 0 bridgehead atoms. The summed E-state index contributed by atoms with van der Waals surface area (Å²) >= 11 is 0. The third-order valence-corrected chi connectivity index (χ3v) is 4.18. The normalized spacial score (nSPS) is 13.6. The molecule has 0 amide bonds. The number of hydrogen-bond donors (Lipinski definition) is 4. The van der Waals surface area contributed by atoms with Crippen LogP contribution in [0.15, 0.2) is 58.7 Å². The molecule has 10 heteroatoms. The van der Waals surface area contributed by atoms with E-state index in [0.717, 1.165) is 4.73 Å². The van der Waals surface area contributed by atoms with Gasteiger partial charge in [0.1, 0.15) is 5.71 Å². The quantitative estimate of drug-likeness (QED) is 0.248. The van der Waals surface area contributed by atoms with Gasteiger partial charge >= 0.3 is 0 Å². The SMILES string of the molecule is C/C(=N\NS(=O)(=O)c1ccc([NH+]([O-])O)cc1)c1cccc[n+]1O. The van der Waals surface area contributed by atoms with Crippen LogP contribution in [0.1, 0.15) is 12.6 Å². The van der Waals surface area contributed by atoms with Crippen molar-refractivity contribution in [1.29, 1.82) is 0 Å². The van der Waals surface area contributed by atoms with Gasteiger partial charge in [-0.25, -0.2) is 5.21 Å². The number of aromatic nitrogens is 1. The molecule has 0 saturated heterocycles. The molecule has 1 heterocycles. The topological polar surface area (TPSA) is 130 Å². The number of quaternary nitrogens is 1. The fourth-order valence-corrected chi connectivity index (χ4v) is 2.59. The number of benzene rings is 1. The van der Waals surface area contributed by atoms with Crippen LogP contribution in [0.4, 0.5) is 5.69 Å². The van der Waals surface area contributed by atoms with E-state index in [4.69, 9.17) is 5.21 Å². The highest BCUT2D eigenvalue weighted by atomic mass is 32.2. The van der Waals surface area contributed by atoms with Crippen LogP contribution >= 0.6 is 0 Å². The van der Waals surface area contributed by atoms with Crippen LogP contribution in [-0.2, 0) is 10.0 Å². The van der Waals surface area contributed by atoms with Crippen LogP contribution < -0.4 is 14.8 Å². The van der Waals surface area contributed by atoms with Crippen LogP contribution in [0.5, 0.6) is 0 Å². The molecule has 23 heavy (non-hydrogen) atoms. The first kappa shape index (κ1) is 16.8. The van der Waals surface area contributed by atoms with E-state index in [1.807, 2.05) is 4.83 Å². The van der Waals surface area contributed by atoms with Crippen molar-refractivity contribution in [1.82, 2.24) is 4.83 Å². The van der Waals surface area contributed by atoms with Gasteiger partial charge < -0.3 is 5.21 Å². The lowest BCUT2D eigenvalue weighted by Gasteiger charge is -2.11. The molecule has 2 aromatic rings. The third-order valence-electron chi connectivity index (χ3n) is 2.96. The summed E-state index contributed by atoms with van der Waals surface area (Å²) in [6.45, 7) is 1.53. The molecule has 4 N–H and O–H groups in total. The van der Waals surface area contributed by atoms with Crippen molar-refractivity contribution in [2.45, 2.75) is 11.8 Å². The zero-order valence-electron chi connectivity index (χ0n) is 12.0. The lowest BCUT2D eigenvalue weighted by molar-refractivity contribution is -0.991. The number of rotatable bonds is 5. The summed E-state index contributed by atoms with van der Waals surface area (Å²) in [5.41, 5.74) is 0.546. The smallest absolute Gasteiger partial charge is 0.280 e. The van der Waals surface area contributed by atoms with E-state index in [1.54, 1.807) is 18.2 Å². The molecule has 0 radical (unpaired) electrons. The van der Waals surface area contributed by atoms with Gasteiger partial charge in [0, 0.05) is 29.0 Å². The van der Waals surface area contributed by atoms with Gasteiger partial charge in [-0.15, -0.1) is 0 Å². The second kappa shape index (κ2) is 6.71. The van der Waals surface area contributed by atoms with Gasteiger partial charge in [0.2, 0.25) is 6.20 Å². The molecule has 122 valence electrons. The van der Waals surface area contributed by atoms with Gasteiger partial charge in [0.05, 0.1) is 4.90 Å². The van der Waals surface area contributed by atoms with Crippen molar-refractivity contribution in [3.05, 3.63) is 59.6 Å². The molecular formula is C13H15N4O5S+. The molecule has 0 aliphatic rings. The highest BCUT2D eigenvalue weighted by Gasteiger charge is 2.16. The molecule has 0 aliphatic carbocycles. The Morgan fingerprint density at radius 3 is 2.48 bits per heavy atom. The third kappa shape index (κ3) is 4.02. The summed E-state index contributed by atoms with van der Waals surface area (Å²) in [5, 5.41) is 31.8. The Labute approximate surface area is 132 Å². The zero-order chi connectivity index (χ0) is 17.0. The maximum Gasteiger partial charge on any atom is 0.280 e. The van der Waals surface area contributed by atoms with E-state index in [0.29, 0.717) is 5.69 Å². The molecule has 1 atom stereocenters. The Hall–Kier alpha value is -2.53. The molecule has 1 unspecified atom stereocenters. The second-order valence-electron chi connectivity index (χ2n) is 4.55. The van der Waals surface area contributed by atoms with Crippen molar-refractivity contribution < 1.29 is 28.8 Å². The molecule has 1 aromatic heterocycles. The minimum Gasteiger partial charge on any atom is -0.595 e. The number of hydrogen-bond acceptors (Lipinski definition) is 6. The van der Waals surface area contributed by atoms with E-state index in [9.17, 15) is 18.8 Å². The molecule has 2 rings (SSSR count). The van der Waals surface area contributed by atoms with Gasteiger partial charge in [0.15, 0.2) is 5.69 Å². The monoisotopic (exact) mass is 339 g/mol. The maximum atomic E-state index is 12.1. The second-order valence-corrected chi connectivity index (χ2v) is 6.21. The largest absolute Gasteiger partial charge is 0.595 e. The van der Waals surface area contributed by atoms with Crippen LogP contribution in [0.25, 0.3) is 0 Å². The van der Waals surface area contributed by atoms with Gasteiger partial charge in [-0.3, -0.25) is 5.21 Å². The highest BCUT2D eigenvalue weighted by Crippen LogP contribution is 2.11. The molecule has 0 spiro atoms. The molecule has 1 aromatic carbocycles. The van der Waals surface area contributed by atoms with E-state index >= 15 is 0 Å². The lowest BCUT2D eigenvalue weighted by Crippen LogP contribution is -2.99. The molecule has 0 fully saturated rings. The summed E-state index contributed by atoms with van der Waals surface area (Å²) in [4.78, 5) is 1.92. The first-order valence-electron chi connectivity index (χ1n) is 6.41. The van der Waals surface area contributed by atoms with Crippen molar-refractivity contribution in [2.75, 3.05) is 0 Å². The first-order valence-corrected chi connectivity index (χ1v) is 7.89. The fraction of sp³-hybridized carbons (Fsp3) is 0.0769. The summed E-state index contributed by atoms with van der Waals surface area (Å²) in [6.07, 6.45) is 1.38. The van der Waals surface area contributed by atoms with Gasteiger partial charge in [-0.05, 0) is 25.1 Å². The predicted octanol–water partition coefficient (Wildman–Crippen LogP) is -0.683. The van der Waals surface area contributed by atoms with Crippen molar-refractivity contribution in [3.8, 4) is 0 Å². The summed E-state index contributed by atoms with van der Waals surface area (Å²) in [6, 6.07) is 9.55. The Kier molecular flexibility index (Phi) is 4.91. The fourth-order valence-electron chi connectivity index (χ4n) is 1.74. The molecule has 0 aliphatic heterocycles. The van der Waals surface area contributed by atoms with E-state index < -0.39 is 15.2 Å². The Morgan fingerprint density at radius 2 is 1.91 bits per heavy atom. The summed E-state index contributed by atoms with van der Waals surface area (Å²) in [5.74, 6) is 0. The Balaban J connectivity index is 2.21. The predicted molar refractivity (Wildman–Crippen MR) is 78.6 cm³/mol. The number of hydrazone groups is 1. The minimum absolute atomic E-state index is 0.0192. The average Bonchev–Trinajstić information content (AvgIpc) is 2.53. The lowest BCUT2D eigenvalue weighted by atomic mass is 10.3. The van der Waals surface area contributed by atoms with Crippen molar-refractivity contribution in [3.63, 3.8) is 0 Å². The van der Waals surface area contributed by atoms with Gasteiger partial charge in [-0.2, -0.15) is 23.6 Å². The summed E-state index contributed by atoms with van der Waals surface area (Å²) < 4.78 is 25.0. The van der Waals surface area contributed by atoms with Crippen LogP contribution in [0.2, 0.25) is 0 Å². The van der Waals surface area contributed by atoms with E-state index in [2.05, 4.69) is 5.10 Å². The van der Waals surface area contributed by atoms with Crippen molar-refractivity contribution in [2.24, 2.45) is 5.10 Å². The van der Waals surface area contributed by atoms with Gasteiger partial charge in [-0.1, -0.05) is 0 Å². The number of nitrogens with zero attached hydrogens (tertiary/aromatic N) is 2. The number of sulfonamides is 1. The van der Waals surface area contributed by atoms with Crippen LogP contribution in [-0.4, -0.2) is 24.5 Å². The van der Waals surface area contributed by atoms with E-state index in [-0.39, 0.29) is 16.3 Å². The van der Waals surface area contributed by atoms with Crippen LogP contribution in [0, 0.1) is 5.21 Å². The molecule has 0 saturated carbocycles. The minimum atomic E-state index is -3.94. The highest BCUT2D eigenvalue weighted by molar-refractivity contribution is 7.89. The summed E-state index contributed by atoms with van der Waals surface area (Å²) in [7, 11) is -3.94. The first-order chi connectivity index (χ1) is 10.8. The Bertz CT molecular complexity index is 819. The standard InChI is InChI=1S/C13H14N4O5S/c1-10(13-4-2-3-9-16(13)18)14-15-23(21,22)12-7-5-11(6-8-12)17(19)20/h2-9,17-19H,1H3/p+1. The number of nitrogens with one attached hydrogen (secondary N) is 2.